The molecule has 0 amide bonds. The fraction of sp³-hybridized carbons (Fsp3) is 0.105. The molecule has 0 aliphatic carbocycles. The number of aryl methyl sites for hydroxylation is 1. The van der Waals surface area contributed by atoms with Gasteiger partial charge in [-0.3, -0.25) is 0 Å². The number of rotatable bonds is 3. The van der Waals surface area contributed by atoms with Crippen molar-refractivity contribution in [2.24, 2.45) is 7.05 Å². The predicted octanol–water partition coefficient (Wildman–Crippen LogP) is 3.98. The van der Waals surface area contributed by atoms with E-state index in [2.05, 4.69) is 9.97 Å². The number of halogens is 2. The number of aromatic nitrogens is 4. The quantitative estimate of drug-likeness (QED) is 0.501. The molecule has 3 heterocycles. The van der Waals surface area contributed by atoms with Crippen LogP contribution in [0.15, 0.2) is 49.1 Å². The zero-order chi connectivity index (χ0) is 19.1. The zero-order valence-corrected chi connectivity index (χ0v) is 15.2. The van der Waals surface area contributed by atoms with Crippen molar-refractivity contribution in [3.63, 3.8) is 0 Å². The molecule has 4 rings (SSSR count). The summed E-state index contributed by atoms with van der Waals surface area (Å²) in [6.45, 7) is 0. The Labute approximate surface area is 158 Å². The summed E-state index contributed by atoms with van der Waals surface area (Å²) in [6, 6.07) is 7.91. The van der Waals surface area contributed by atoms with Gasteiger partial charge in [-0.05, 0) is 18.2 Å². The Bertz CT molecular complexity index is 1180. The number of imidazole rings is 2. The van der Waals surface area contributed by atoms with Gasteiger partial charge in [0.25, 0.3) is 0 Å². The van der Waals surface area contributed by atoms with E-state index in [4.69, 9.17) is 16.3 Å². The van der Waals surface area contributed by atoms with Crippen molar-refractivity contribution in [2.75, 3.05) is 7.11 Å². The minimum absolute atomic E-state index is 0.293. The van der Waals surface area contributed by atoms with Crippen molar-refractivity contribution in [1.82, 2.24) is 18.9 Å². The van der Waals surface area contributed by atoms with Crippen molar-refractivity contribution >= 4 is 23.2 Å². The number of fused-ring (bicyclic) bond motifs is 1. The van der Waals surface area contributed by atoms with Crippen LogP contribution in [-0.4, -0.2) is 32.0 Å². The standard InChI is InChI=1S/C19H14ClFN4O2/c1-24-10-22-17(18(24)20)12-4-3-5-13(21)16(12)14-9-25-7-6-11(19(26)27-2)8-15(25)23-14/h3-10H,1-2H3. The van der Waals surface area contributed by atoms with Gasteiger partial charge in [-0.2, -0.15) is 0 Å². The van der Waals surface area contributed by atoms with Crippen LogP contribution in [0.3, 0.4) is 0 Å². The van der Waals surface area contributed by atoms with E-state index in [1.165, 1.54) is 13.2 Å². The van der Waals surface area contributed by atoms with Crippen LogP contribution >= 0.6 is 11.6 Å². The number of hydrogen-bond donors (Lipinski definition) is 0. The molecule has 1 aromatic carbocycles. The zero-order valence-electron chi connectivity index (χ0n) is 14.5. The number of carbonyl (C=O) groups excluding carboxylic acids is 1. The molecule has 0 atom stereocenters. The summed E-state index contributed by atoms with van der Waals surface area (Å²) in [5.74, 6) is -0.903. The third-order valence-electron chi connectivity index (χ3n) is 4.27. The molecule has 3 aromatic heterocycles. The summed E-state index contributed by atoms with van der Waals surface area (Å²) in [6.07, 6.45) is 4.93. The largest absolute Gasteiger partial charge is 0.465 e. The predicted molar refractivity (Wildman–Crippen MR) is 99.1 cm³/mol. The van der Waals surface area contributed by atoms with Crippen LogP contribution in [0, 0.1) is 5.82 Å². The normalized spacial score (nSPS) is 11.1. The van der Waals surface area contributed by atoms with Crippen molar-refractivity contribution in [1.29, 1.82) is 0 Å². The second kappa shape index (κ2) is 6.51. The molecular weight excluding hydrogens is 371 g/mol. The SMILES string of the molecule is COC(=O)c1ccn2cc(-c3c(F)cccc3-c3ncn(C)c3Cl)nc2c1. The van der Waals surface area contributed by atoms with E-state index in [-0.39, 0.29) is 0 Å². The van der Waals surface area contributed by atoms with Crippen LogP contribution in [0.5, 0.6) is 0 Å². The molecule has 0 spiro atoms. The van der Waals surface area contributed by atoms with Crippen molar-refractivity contribution in [3.8, 4) is 22.5 Å². The van der Waals surface area contributed by atoms with Gasteiger partial charge in [0, 0.05) is 30.6 Å². The topological polar surface area (TPSA) is 61.4 Å². The molecule has 0 fully saturated rings. The molecule has 27 heavy (non-hydrogen) atoms. The molecule has 0 aliphatic rings. The lowest BCUT2D eigenvalue weighted by Gasteiger charge is -2.07. The second-order valence-electron chi connectivity index (χ2n) is 5.96. The first-order chi connectivity index (χ1) is 13.0. The maximum atomic E-state index is 14.7. The van der Waals surface area contributed by atoms with Gasteiger partial charge in [-0.15, -0.1) is 0 Å². The number of pyridine rings is 1. The van der Waals surface area contributed by atoms with Crippen molar-refractivity contribution < 1.29 is 13.9 Å². The number of nitrogens with zero attached hydrogens (tertiary/aromatic N) is 4. The van der Waals surface area contributed by atoms with Gasteiger partial charge in [0.1, 0.15) is 22.3 Å². The van der Waals surface area contributed by atoms with Crippen molar-refractivity contribution in [3.05, 3.63) is 65.6 Å². The molecule has 0 aliphatic heterocycles. The highest BCUT2D eigenvalue weighted by atomic mass is 35.5. The van der Waals surface area contributed by atoms with Gasteiger partial charge in [0.05, 0.1) is 24.7 Å². The fourth-order valence-corrected chi connectivity index (χ4v) is 3.12. The number of methoxy groups -OCH3 is 1. The summed E-state index contributed by atoms with van der Waals surface area (Å²) >= 11 is 6.31. The maximum absolute atomic E-state index is 14.7. The molecule has 4 aromatic rings. The number of benzene rings is 1. The Morgan fingerprint density at radius 3 is 2.81 bits per heavy atom. The molecule has 136 valence electrons. The van der Waals surface area contributed by atoms with E-state index >= 15 is 0 Å². The number of ether oxygens (including phenoxy) is 1. The maximum Gasteiger partial charge on any atom is 0.338 e. The van der Waals surface area contributed by atoms with E-state index < -0.39 is 11.8 Å². The Morgan fingerprint density at radius 1 is 1.30 bits per heavy atom. The lowest BCUT2D eigenvalue weighted by Crippen LogP contribution is -2.01. The smallest absolute Gasteiger partial charge is 0.338 e. The minimum Gasteiger partial charge on any atom is -0.465 e. The Hall–Kier alpha value is -3.19. The molecule has 0 N–H and O–H groups in total. The number of esters is 1. The lowest BCUT2D eigenvalue weighted by atomic mass is 10.0. The highest BCUT2D eigenvalue weighted by Crippen LogP contribution is 2.36. The van der Waals surface area contributed by atoms with Crippen LogP contribution in [0.2, 0.25) is 5.15 Å². The molecule has 6 nitrogen and oxygen atoms in total. The van der Waals surface area contributed by atoms with E-state index in [0.717, 1.165) is 0 Å². The summed E-state index contributed by atoms with van der Waals surface area (Å²) in [4.78, 5) is 20.5. The molecule has 0 saturated carbocycles. The monoisotopic (exact) mass is 384 g/mol. The molecule has 0 radical (unpaired) electrons. The molecule has 0 bridgehead atoms. The summed E-state index contributed by atoms with van der Waals surface area (Å²) in [5, 5.41) is 0.401. The fourth-order valence-electron chi connectivity index (χ4n) is 2.92. The third kappa shape index (κ3) is 2.86. The van der Waals surface area contributed by atoms with E-state index in [1.807, 2.05) is 0 Å². The second-order valence-corrected chi connectivity index (χ2v) is 6.31. The Kier molecular flexibility index (Phi) is 4.16. The van der Waals surface area contributed by atoms with E-state index in [0.29, 0.717) is 38.9 Å². The summed E-state index contributed by atoms with van der Waals surface area (Å²) in [5.41, 5.74) is 2.57. The van der Waals surface area contributed by atoms with Gasteiger partial charge in [0.2, 0.25) is 0 Å². The highest BCUT2D eigenvalue weighted by Gasteiger charge is 2.20. The van der Waals surface area contributed by atoms with Crippen LogP contribution in [-0.2, 0) is 11.8 Å². The van der Waals surface area contributed by atoms with Crippen LogP contribution in [0.1, 0.15) is 10.4 Å². The van der Waals surface area contributed by atoms with Gasteiger partial charge in [-0.1, -0.05) is 23.7 Å². The summed E-state index contributed by atoms with van der Waals surface area (Å²) < 4.78 is 22.8. The number of hydrogen-bond acceptors (Lipinski definition) is 4. The van der Waals surface area contributed by atoms with Crippen molar-refractivity contribution in [2.45, 2.75) is 0 Å². The van der Waals surface area contributed by atoms with Crippen LogP contribution < -0.4 is 0 Å². The van der Waals surface area contributed by atoms with Gasteiger partial charge >= 0.3 is 5.97 Å². The van der Waals surface area contributed by atoms with Gasteiger partial charge < -0.3 is 13.7 Å². The number of carbonyl (C=O) groups is 1. The van der Waals surface area contributed by atoms with Crippen LogP contribution in [0.25, 0.3) is 28.2 Å². The molecular formula is C19H14ClFN4O2. The first-order valence-corrected chi connectivity index (χ1v) is 8.40. The summed E-state index contributed by atoms with van der Waals surface area (Å²) in [7, 11) is 3.07. The third-order valence-corrected chi connectivity index (χ3v) is 4.72. The minimum atomic E-state index is -0.464. The molecule has 0 saturated heterocycles. The molecule has 8 heteroatoms. The highest BCUT2D eigenvalue weighted by molar-refractivity contribution is 6.32. The lowest BCUT2D eigenvalue weighted by molar-refractivity contribution is 0.0600. The first-order valence-electron chi connectivity index (χ1n) is 8.02. The van der Waals surface area contributed by atoms with Crippen LogP contribution in [0.4, 0.5) is 4.39 Å². The van der Waals surface area contributed by atoms with E-state index in [1.54, 1.807) is 59.0 Å². The average molecular weight is 385 g/mol. The van der Waals surface area contributed by atoms with Gasteiger partial charge in [-0.25, -0.2) is 19.2 Å². The molecule has 0 unspecified atom stereocenters. The van der Waals surface area contributed by atoms with E-state index in [9.17, 15) is 9.18 Å². The Morgan fingerprint density at radius 2 is 2.11 bits per heavy atom. The Balaban J connectivity index is 1.91. The average Bonchev–Trinajstić information content (AvgIpc) is 3.23. The first kappa shape index (κ1) is 17.2. The van der Waals surface area contributed by atoms with Gasteiger partial charge in [0.15, 0.2) is 0 Å².